The largest absolute Gasteiger partial charge is 0.381 e. The van der Waals surface area contributed by atoms with Gasteiger partial charge >= 0.3 is 0 Å². The maximum atomic E-state index is 12.8. The van der Waals surface area contributed by atoms with E-state index in [1.807, 2.05) is 24.9 Å². The smallest absolute Gasteiger partial charge is 0.275 e. The summed E-state index contributed by atoms with van der Waals surface area (Å²) in [7, 11) is 1.84. The predicted octanol–water partition coefficient (Wildman–Crippen LogP) is 1.98. The molecule has 0 N–H and O–H groups in total. The fourth-order valence-electron chi connectivity index (χ4n) is 3.58. The highest BCUT2D eigenvalue weighted by atomic mass is 16.5. The summed E-state index contributed by atoms with van der Waals surface area (Å²) in [6.45, 7) is 4.10. The van der Waals surface area contributed by atoms with Crippen LogP contribution in [-0.2, 0) is 11.8 Å². The first-order chi connectivity index (χ1) is 12.1. The van der Waals surface area contributed by atoms with E-state index >= 15 is 0 Å². The van der Waals surface area contributed by atoms with Crippen molar-refractivity contribution in [3.05, 3.63) is 29.2 Å². The van der Waals surface area contributed by atoms with Crippen LogP contribution < -0.4 is 0 Å². The first-order valence-corrected chi connectivity index (χ1v) is 8.86. The quantitative estimate of drug-likeness (QED) is 0.845. The normalized spacial score (nSPS) is 21.8. The molecule has 4 heterocycles. The number of hydrogen-bond donors (Lipinski definition) is 0. The fourth-order valence-corrected chi connectivity index (χ4v) is 3.58. The van der Waals surface area contributed by atoms with Crippen LogP contribution in [0, 0.1) is 6.92 Å². The summed E-state index contributed by atoms with van der Waals surface area (Å²) in [6.07, 6.45) is 3.60. The Kier molecular flexibility index (Phi) is 4.29. The Morgan fingerprint density at radius 3 is 2.80 bits per heavy atom. The van der Waals surface area contributed by atoms with Crippen LogP contribution in [0.5, 0.6) is 0 Å². The molecule has 2 saturated heterocycles. The average molecular weight is 345 g/mol. The van der Waals surface area contributed by atoms with Gasteiger partial charge in [0.05, 0.1) is 0 Å². The molecule has 2 aliphatic rings. The molecule has 0 spiro atoms. The molecular weight excluding hydrogens is 322 g/mol. The number of rotatable bonds is 3. The van der Waals surface area contributed by atoms with E-state index in [1.165, 1.54) is 0 Å². The molecule has 4 rings (SSSR count). The molecule has 2 fully saturated rings. The van der Waals surface area contributed by atoms with Gasteiger partial charge < -0.3 is 14.2 Å². The van der Waals surface area contributed by atoms with Gasteiger partial charge in [0.1, 0.15) is 6.04 Å². The zero-order valence-electron chi connectivity index (χ0n) is 14.6. The number of aryl methyl sites for hydroxylation is 2. The van der Waals surface area contributed by atoms with Crippen molar-refractivity contribution < 1.29 is 14.1 Å². The second kappa shape index (κ2) is 6.59. The van der Waals surface area contributed by atoms with Gasteiger partial charge in [-0.15, -0.1) is 0 Å². The first kappa shape index (κ1) is 16.3. The topological polar surface area (TPSA) is 86.3 Å². The molecule has 0 bridgehead atoms. The van der Waals surface area contributed by atoms with Crippen molar-refractivity contribution in [2.75, 3.05) is 19.8 Å². The lowest BCUT2D eigenvalue weighted by Gasteiger charge is -2.21. The zero-order valence-corrected chi connectivity index (χ0v) is 14.6. The van der Waals surface area contributed by atoms with Crippen LogP contribution >= 0.6 is 0 Å². The molecule has 134 valence electrons. The summed E-state index contributed by atoms with van der Waals surface area (Å²) in [4.78, 5) is 19.3. The van der Waals surface area contributed by atoms with Gasteiger partial charge in [0.25, 0.3) is 5.91 Å². The van der Waals surface area contributed by atoms with E-state index in [9.17, 15) is 4.79 Å². The van der Waals surface area contributed by atoms with E-state index in [2.05, 4.69) is 15.2 Å². The van der Waals surface area contributed by atoms with Crippen LogP contribution in [0.4, 0.5) is 0 Å². The monoisotopic (exact) mass is 345 g/mol. The Morgan fingerprint density at radius 2 is 2.08 bits per heavy atom. The number of carbonyl (C=O) groups is 1. The molecule has 8 heteroatoms. The Labute approximate surface area is 146 Å². The Hall–Kier alpha value is -2.22. The second-order valence-electron chi connectivity index (χ2n) is 6.83. The summed E-state index contributed by atoms with van der Waals surface area (Å²) in [5.74, 6) is 1.50. The number of likely N-dealkylation sites (tertiary alicyclic amines) is 1. The minimum Gasteiger partial charge on any atom is -0.381 e. The van der Waals surface area contributed by atoms with Gasteiger partial charge in [-0.3, -0.25) is 9.48 Å². The molecule has 0 saturated carbocycles. The van der Waals surface area contributed by atoms with Crippen LogP contribution in [0.15, 0.2) is 10.6 Å². The van der Waals surface area contributed by atoms with Crippen molar-refractivity contribution in [1.29, 1.82) is 0 Å². The zero-order chi connectivity index (χ0) is 17.4. The standard InChI is InChI=1S/C17H23N5O3/c1-11-10-13(19-21(11)2)17(23)22-7-3-4-14(22)16-18-15(20-25-16)12-5-8-24-9-6-12/h10,12,14H,3-9H2,1-2H3. The van der Waals surface area contributed by atoms with E-state index in [0.29, 0.717) is 18.1 Å². The van der Waals surface area contributed by atoms with Crippen LogP contribution in [-0.4, -0.2) is 50.5 Å². The Bertz CT molecular complexity index is 743. The molecular formula is C17H23N5O3. The first-order valence-electron chi connectivity index (χ1n) is 8.86. The lowest BCUT2D eigenvalue weighted by Crippen LogP contribution is -2.31. The van der Waals surface area contributed by atoms with E-state index in [-0.39, 0.29) is 17.9 Å². The predicted molar refractivity (Wildman–Crippen MR) is 88.0 cm³/mol. The van der Waals surface area contributed by atoms with Crippen molar-refractivity contribution in [2.24, 2.45) is 7.05 Å². The van der Waals surface area contributed by atoms with E-state index < -0.39 is 0 Å². The third-order valence-corrected chi connectivity index (χ3v) is 5.18. The Balaban J connectivity index is 1.53. The second-order valence-corrected chi connectivity index (χ2v) is 6.83. The molecule has 8 nitrogen and oxygen atoms in total. The van der Waals surface area contributed by atoms with Crippen molar-refractivity contribution >= 4 is 5.91 Å². The highest BCUT2D eigenvalue weighted by Crippen LogP contribution is 2.33. The lowest BCUT2D eigenvalue weighted by molar-refractivity contribution is 0.0703. The summed E-state index contributed by atoms with van der Waals surface area (Å²) < 4.78 is 12.6. The highest BCUT2D eigenvalue weighted by Gasteiger charge is 2.36. The molecule has 2 aliphatic heterocycles. The molecule has 0 aliphatic carbocycles. The fraction of sp³-hybridized carbons (Fsp3) is 0.647. The SMILES string of the molecule is Cc1cc(C(=O)N2CCCC2c2nc(C3CCOCC3)no2)nn1C. The van der Waals surface area contributed by atoms with Crippen LogP contribution in [0.2, 0.25) is 0 Å². The van der Waals surface area contributed by atoms with Crippen molar-refractivity contribution in [2.45, 2.75) is 44.6 Å². The molecule has 2 aromatic rings. The Morgan fingerprint density at radius 1 is 1.28 bits per heavy atom. The van der Waals surface area contributed by atoms with Crippen molar-refractivity contribution in [1.82, 2.24) is 24.8 Å². The number of carbonyl (C=O) groups excluding carboxylic acids is 1. The van der Waals surface area contributed by atoms with E-state index in [4.69, 9.17) is 9.26 Å². The van der Waals surface area contributed by atoms with Gasteiger partial charge in [-0.2, -0.15) is 10.1 Å². The summed E-state index contributed by atoms with van der Waals surface area (Å²) in [5, 5.41) is 8.48. The lowest BCUT2D eigenvalue weighted by atomic mass is 10.00. The van der Waals surface area contributed by atoms with Gasteiger partial charge in [0.2, 0.25) is 5.89 Å². The van der Waals surface area contributed by atoms with Crippen LogP contribution in [0.3, 0.4) is 0 Å². The van der Waals surface area contributed by atoms with Crippen LogP contribution in [0.25, 0.3) is 0 Å². The van der Waals surface area contributed by atoms with Gasteiger partial charge in [-0.05, 0) is 38.7 Å². The van der Waals surface area contributed by atoms with Crippen molar-refractivity contribution in [3.8, 4) is 0 Å². The minimum atomic E-state index is -0.157. The van der Waals surface area contributed by atoms with E-state index in [1.54, 1.807) is 4.68 Å². The molecule has 25 heavy (non-hydrogen) atoms. The number of ether oxygens (including phenoxy) is 1. The average Bonchev–Trinajstić information content (AvgIpc) is 3.35. The molecule has 1 amide bonds. The maximum Gasteiger partial charge on any atom is 0.275 e. The summed E-state index contributed by atoms with van der Waals surface area (Å²) in [5.41, 5.74) is 1.43. The number of nitrogens with zero attached hydrogens (tertiary/aromatic N) is 5. The van der Waals surface area contributed by atoms with Crippen molar-refractivity contribution in [3.63, 3.8) is 0 Å². The highest BCUT2D eigenvalue weighted by molar-refractivity contribution is 5.92. The molecule has 1 unspecified atom stereocenters. The van der Waals surface area contributed by atoms with Gasteiger partial charge in [-0.1, -0.05) is 5.16 Å². The maximum absolute atomic E-state index is 12.8. The molecule has 1 atom stereocenters. The minimum absolute atomic E-state index is 0.0722. The third-order valence-electron chi connectivity index (χ3n) is 5.18. The number of amides is 1. The molecule has 2 aromatic heterocycles. The molecule has 0 aromatic carbocycles. The summed E-state index contributed by atoms with van der Waals surface area (Å²) in [6, 6.07) is 1.66. The molecule has 0 radical (unpaired) electrons. The summed E-state index contributed by atoms with van der Waals surface area (Å²) >= 11 is 0. The van der Waals surface area contributed by atoms with Gasteiger partial charge in [0.15, 0.2) is 11.5 Å². The van der Waals surface area contributed by atoms with E-state index in [0.717, 1.165) is 50.4 Å². The van der Waals surface area contributed by atoms with Gasteiger partial charge in [-0.25, -0.2) is 0 Å². The van der Waals surface area contributed by atoms with Crippen LogP contribution in [0.1, 0.15) is 65.5 Å². The third kappa shape index (κ3) is 3.06. The number of aromatic nitrogens is 4. The van der Waals surface area contributed by atoms with Gasteiger partial charge in [0, 0.05) is 38.4 Å². The number of hydrogen-bond acceptors (Lipinski definition) is 6.